The molecule has 0 saturated carbocycles. The predicted molar refractivity (Wildman–Crippen MR) is 98.0 cm³/mol. The number of esters is 1. The van der Waals surface area contributed by atoms with Crippen LogP contribution in [-0.4, -0.2) is 31.8 Å². The van der Waals surface area contributed by atoms with Crippen LogP contribution in [0.15, 0.2) is 16.9 Å². The molecular weight excluding hydrogens is 422 g/mol. The van der Waals surface area contributed by atoms with Crippen LogP contribution in [0.1, 0.15) is 38.2 Å². The molecule has 1 atom stereocenters. The zero-order valence-corrected chi connectivity index (χ0v) is 16.8. The highest BCUT2D eigenvalue weighted by molar-refractivity contribution is 6.35. The van der Waals surface area contributed by atoms with E-state index in [1.165, 1.54) is 6.92 Å². The van der Waals surface area contributed by atoms with Gasteiger partial charge in [-0.15, -0.1) is 16.7 Å². The van der Waals surface area contributed by atoms with Crippen LogP contribution >= 0.6 is 23.2 Å². The van der Waals surface area contributed by atoms with Crippen LogP contribution in [0.5, 0.6) is 0 Å². The molecule has 28 heavy (non-hydrogen) atoms. The highest BCUT2D eigenvalue weighted by atomic mass is 35.5. The molecule has 0 spiro atoms. The first-order chi connectivity index (χ1) is 13.1. The standard InChI is InChI=1S/C17H18Cl2F3N3O3/c1-4-17(19,14(26)28-5-2)8-10-6-13(12(20)7-11(10)18)25-16(27)24(15(21)22)9(3)23-25/h6-7,15H,4-5,8H2,1-3H3. The number of nitrogens with zero attached hydrogens (tertiary/aromatic N) is 3. The predicted octanol–water partition coefficient (Wildman–Crippen LogP) is 4.02. The third-order valence-electron chi connectivity index (χ3n) is 4.19. The van der Waals surface area contributed by atoms with Gasteiger partial charge in [0.25, 0.3) is 0 Å². The number of halogens is 5. The molecule has 2 rings (SSSR count). The molecule has 0 amide bonds. The van der Waals surface area contributed by atoms with Crippen LogP contribution in [-0.2, 0) is 16.0 Å². The summed E-state index contributed by atoms with van der Waals surface area (Å²) in [4.78, 5) is 22.9. The van der Waals surface area contributed by atoms with Gasteiger partial charge in [-0.3, -0.25) is 4.79 Å². The van der Waals surface area contributed by atoms with Crippen molar-refractivity contribution < 1.29 is 22.7 Å². The number of hydrogen-bond acceptors (Lipinski definition) is 4. The van der Waals surface area contributed by atoms with Crippen molar-refractivity contribution in [2.45, 2.75) is 45.0 Å². The van der Waals surface area contributed by atoms with Crippen LogP contribution in [0.2, 0.25) is 5.02 Å². The van der Waals surface area contributed by atoms with Gasteiger partial charge in [0.2, 0.25) is 0 Å². The maximum atomic E-state index is 14.4. The van der Waals surface area contributed by atoms with Gasteiger partial charge in [0.1, 0.15) is 16.4 Å². The van der Waals surface area contributed by atoms with Crippen LogP contribution in [0.4, 0.5) is 13.2 Å². The van der Waals surface area contributed by atoms with Crippen molar-refractivity contribution in [3.8, 4) is 5.69 Å². The summed E-state index contributed by atoms with van der Waals surface area (Å²) in [5, 5.41) is 3.65. The Morgan fingerprint density at radius 3 is 2.50 bits per heavy atom. The Morgan fingerprint density at radius 2 is 2.00 bits per heavy atom. The monoisotopic (exact) mass is 439 g/mol. The number of benzene rings is 1. The van der Waals surface area contributed by atoms with Crippen molar-refractivity contribution >= 4 is 29.2 Å². The number of carbonyl (C=O) groups is 1. The number of hydrogen-bond donors (Lipinski definition) is 0. The third kappa shape index (κ3) is 4.20. The first kappa shape index (κ1) is 22.3. The van der Waals surface area contributed by atoms with Gasteiger partial charge >= 0.3 is 18.2 Å². The minimum absolute atomic E-state index is 0.0397. The number of rotatable bonds is 7. The molecule has 6 nitrogen and oxygen atoms in total. The van der Waals surface area contributed by atoms with Crippen LogP contribution < -0.4 is 5.69 Å². The average Bonchev–Trinajstić information content (AvgIpc) is 2.91. The van der Waals surface area contributed by atoms with Gasteiger partial charge in [-0.1, -0.05) is 18.5 Å². The van der Waals surface area contributed by atoms with Gasteiger partial charge in [-0.25, -0.2) is 13.8 Å². The fraction of sp³-hybridized carbons (Fsp3) is 0.471. The molecule has 2 aromatic rings. The Hall–Kier alpha value is -2.00. The summed E-state index contributed by atoms with van der Waals surface area (Å²) in [6.07, 6.45) is 0.0643. The molecular formula is C17H18Cl2F3N3O3. The lowest BCUT2D eigenvalue weighted by Gasteiger charge is -2.24. The van der Waals surface area contributed by atoms with Crippen molar-refractivity contribution in [1.29, 1.82) is 0 Å². The Bertz CT molecular complexity index is 946. The van der Waals surface area contributed by atoms with Gasteiger partial charge < -0.3 is 4.74 Å². The van der Waals surface area contributed by atoms with E-state index in [0.717, 1.165) is 12.1 Å². The Labute approximate surface area is 168 Å². The van der Waals surface area contributed by atoms with Crippen molar-refractivity contribution in [3.05, 3.63) is 44.8 Å². The van der Waals surface area contributed by atoms with E-state index >= 15 is 0 Å². The highest BCUT2D eigenvalue weighted by Crippen LogP contribution is 2.32. The fourth-order valence-corrected chi connectivity index (χ4v) is 3.06. The van der Waals surface area contributed by atoms with Gasteiger partial charge in [0.05, 0.1) is 6.61 Å². The highest BCUT2D eigenvalue weighted by Gasteiger charge is 2.37. The summed E-state index contributed by atoms with van der Waals surface area (Å²) < 4.78 is 46.1. The summed E-state index contributed by atoms with van der Waals surface area (Å²) in [6.45, 7) is 1.48. The molecule has 0 aliphatic rings. The quantitative estimate of drug-likeness (QED) is 0.482. The maximum absolute atomic E-state index is 14.4. The van der Waals surface area contributed by atoms with Crippen molar-refractivity contribution in [3.63, 3.8) is 0 Å². The average molecular weight is 440 g/mol. The SMILES string of the molecule is CCOC(=O)C(Cl)(CC)Cc1cc(-n2nc(C)n(C(F)F)c2=O)c(F)cc1Cl. The van der Waals surface area contributed by atoms with E-state index in [4.69, 9.17) is 27.9 Å². The smallest absolute Gasteiger partial charge is 0.355 e. The zero-order chi connectivity index (χ0) is 21.2. The van der Waals surface area contributed by atoms with Crippen molar-refractivity contribution in [2.75, 3.05) is 6.61 Å². The van der Waals surface area contributed by atoms with Crippen molar-refractivity contribution in [1.82, 2.24) is 14.3 Å². The summed E-state index contributed by atoms with van der Waals surface area (Å²) in [6, 6.07) is 2.07. The lowest BCUT2D eigenvalue weighted by atomic mass is 9.95. The second-order valence-corrected chi connectivity index (χ2v) is 7.13. The second kappa shape index (κ2) is 8.57. The largest absolute Gasteiger partial charge is 0.465 e. The lowest BCUT2D eigenvalue weighted by Crippen LogP contribution is -2.36. The van der Waals surface area contributed by atoms with E-state index in [1.54, 1.807) is 13.8 Å². The first-order valence-corrected chi connectivity index (χ1v) is 9.12. The van der Waals surface area contributed by atoms with E-state index in [9.17, 15) is 22.8 Å². The van der Waals surface area contributed by atoms with E-state index in [0.29, 0.717) is 4.68 Å². The zero-order valence-electron chi connectivity index (χ0n) is 15.3. The lowest BCUT2D eigenvalue weighted by molar-refractivity contribution is -0.146. The van der Waals surface area contributed by atoms with Crippen LogP contribution in [0.25, 0.3) is 5.69 Å². The molecule has 154 valence electrons. The Kier molecular flexibility index (Phi) is 6.82. The van der Waals surface area contributed by atoms with Gasteiger partial charge in [0.15, 0.2) is 5.82 Å². The number of ether oxygens (including phenoxy) is 1. The topological polar surface area (TPSA) is 66.1 Å². The molecule has 0 saturated heterocycles. The second-order valence-electron chi connectivity index (χ2n) is 6.00. The molecule has 0 N–H and O–H groups in total. The molecule has 0 radical (unpaired) electrons. The molecule has 1 unspecified atom stereocenters. The first-order valence-electron chi connectivity index (χ1n) is 8.36. The number of aryl methyl sites for hydroxylation is 1. The molecule has 1 aromatic carbocycles. The minimum Gasteiger partial charge on any atom is -0.465 e. The number of carbonyl (C=O) groups excluding carboxylic acids is 1. The normalized spacial score (nSPS) is 13.6. The van der Waals surface area contributed by atoms with Crippen molar-refractivity contribution in [2.24, 2.45) is 0 Å². The summed E-state index contributed by atoms with van der Waals surface area (Å²) in [5.41, 5.74) is -1.36. The van der Waals surface area contributed by atoms with E-state index in [-0.39, 0.29) is 46.1 Å². The van der Waals surface area contributed by atoms with E-state index < -0.39 is 28.9 Å². The fourth-order valence-electron chi connectivity index (χ4n) is 2.64. The summed E-state index contributed by atoms with van der Waals surface area (Å²) >= 11 is 12.5. The molecule has 1 aromatic heterocycles. The Morgan fingerprint density at radius 1 is 1.36 bits per heavy atom. The molecule has 0 fully saturated rings. The van der Waals surface area contributed by atoms with Crippen LogP contribution in [0.3, 0.4) is 0 Å². The summed E-state index contributed by atoms with van der Waals surface area (Å²) in [7, 11) is 0. The summed E-state index contributed by atoms with van der Waals surface area (Å²) in [5.74, 6) is -1.90. The van der Waals surface area contributed by atoms with E-state index in [1.807, 2.05) is 0 Å². The van der Waals surface area contributed by atoms with Gasteiger partial charge in [0, 0.05) is 11.4 Å². The molecule has 0 aliphatic carbocycles. The maximum Gasteiger partial charge on any atom is 0.355 e. The Balaban J connectivity index is 2.56. The number of alkyl halides is 3. The third-order valence-corrected chi connectivity index (χ3v) is 5.10. The van der Waals surface area contributed by atoms with Gasteiger partial charge in [-0.05, 0) is 38.0 Å². The van der Waals surface area contributed by atoms with Gasteiger partial charge in [-0.2, -0.15) is 13.5 Å². The molecule has 0 bridgehead atoms. The molecule has 11 heteroatoms. The molecule has 1 heterocycles. The van der Waals surface area contributed by atoms with Crippen LogP contribution in [0, 0.1) is 12.7 Å². The van der Waals surface area contributed by atoms with E-state index in [2.05, 4.69) is 5.10 Å². The minimum atomic E-state index is -3.13. The molecule has 0 aliphatic heterocycles. The number of aromatic nitrogens is 3.